The molecule has 3 N–H and O–H groups in total. The number of nitrogens with one attached hydrogen (secondary N) is 2. The lowest BCUT2D eigenvalue weighted by Crippen LogP contribution is -2.30. The number of hydrogen-bond donors (Lipinski definition) is 3. The van der Waals surface area contributed by atoms with E-state index in [2.05, 4.69) is 10.3 Å². The summed E-state index contributed by atoms with van der Waals surface area (Å²) in [6.07, 6.45) is 1.37. The summed E-state index contributed by atoms with van der Waals surface area (Å²) in [7, 11) is 0. The van der Waals surface area contributed by atoms with Gasteiger partial charge in [0.25, 0.3) is 5.91 Å². The van der Waals surface area contributed by atoms with E-state index in [-0.39, 0.29) is 17.7 Å². The van der Waals surface area contributed by atoms with Gasteiger partial charge in [0.2, 0.25) is 0 Å². The van der Waals surface area contributed by atoms with Gasteiger partial charge in [-0.15, -0.1) is 0 Å². The monoisotopic (exact) mass is 168 g/mol. The van der Waals surface area contributed by atoms with Crippen LogP contribution in [0.15, 0.2) is 12.3 Å². The molecule has 0 saturated carbocycles. The lowest BCUT2D eigenvalue weighted by molar-refractivity contribution is 0.0938. The van der Waals surface area contributed by atoms with Crippen LogP contribution in [0, 0.1) is 0 Å². The maximum atomic E-state index is 11.2. The highest BCUT2D eigenvalue weighted by molar-refractivity contribution is 5.92. The van der Waals surface area contributed by atoms with Crippen molar-refractivity contribution in [1.29, 1.82) is 0 Å². The van der Waals surface area contributed by atoms with E-state index >= 15 is 0 Å². The van der Waals surface area contributed by atoms with Crippen LogP contribution < -0.4 is 5.32 Å². The minimum atomic E-state index is -0.203. The van der Waals surface area contributed by atoms with Crippen LogP contribution in [0.25, 0.3) is 0 Å². The average molecular weight is 168 g/mol. The highest BCUT2D eigenvalue weighted by Gasteiger charge is 2.08. The van der Waals surface area contributed by atoms with Gasteiger partial charge in [-0.05, 0) is 13.8 Å². The Hall–Kier alpha value is -1.45. The van der Waals surface area contributed by atoms with E-state index in [4.69, 9.17) is 5.11 Å². The minimum absolute atomic E-state index is 0.0731. The first-order valence-electron chi connectivity index (χ1n) is 3.78. The van der Waals surface area contributed by atoms with Crippen LogP contribution in [0.1, 0.15) is 24.3 Å². The van der Waals surface area contributed by atoms with Gasteiger partial charge in [-0.3, -0.25) is 4.79 Å². The van der Waals surface area contributed by atoms with Gasteiger partial charge in [-0.2, -0.15) is 0 Å². The van der Waals surface area contributed by atoms with Gasteiger partial charge in [-0.25, -0.2) is 0 Å². The van der Waals surface area contributed by atoms with E-state index in [0.29, 0.717) is 5.69 Å². The Morgan fingerprint density at radius 3 is 2.75 bits per heavy atom. The third-order valence-corrected chi connectivity index (χ3v) is 1.33. The molecule has 0 saturated heterocycles. The number of rotatable bonds is 2. The maximum absolute atomic E-state index is 11.2. The molecule has 0 spiro atoms. The second-order valence-corrected chi connectivity index (χ2v) is 2.90. The standard InChI is InChI=1S/C8H12N2O2/c1-5(2)10-8(12)7-3-6(11)4-9-7/h3-5,9,11H,1-2H3,(H,10,12). The van der Waals surface area contributed by atoms with E-state index in [0.717, 1.165) is 0 Å². The van der Waals surface area contributed by atoms with Crippen molar-refractivity contribution < 1.29 is 9.90 Å². The molecule has 4 heteroatoms. The Morgan fingerprint density at radius 1 is 1.67 bits per heavy atom. The third-order valence-electron chi connectivity index (χ3n) is 1.33. The summed E-state index contributed by atoms with van der Waals surface area (Å²) in [5.74, 6) is -0.130. The van der Waals surface area contributed by atoms with Crippen LogP contribution in [-0.2, 0) is 0 Å². The van der Waals surface area contributed by atoms with Gasteiger partial charge < -0.3 is 15.4 Å². The van der Waals surface area contributed by atoms with Crippen molar-refractivity contribution in [2.24, 2.45) is 0 Å². The van der Waals surface area contributed by atoms with Crippen molar-refractivity contribution in [3.05, 3.63) is 18.0 Å². The Balaban J connectivity index is 2.65. The summed E-state index contributed by atoms with van der Waals surface area (Å²) >= 11 is 0. The molecule has 0 radical (unpaired) electrons. The van der Waals surface area contributed by atoms with E-state index in [1.807, 2.05) is 13.8 Å². The van der Waals surface area contributed by atoms with Gasteiger partial charge in [0.1, 0.15) is 11.4 Å². The summed E-state index contributed by atoms with van der Waals surface area (Å²) in [5.41, 5.74) is 0.376. The molecule has 1 rings (SSSR count). The SMILES string of the molecule is CC(C)NC(=O)c1cc(O)c[nH]1. The van der Waals surface area contributed by atoms with Gasteiger partial charge in [0.15, 0.2) is 0 Å². The first-order valence-corrected chi connectivity index (χ1v) is 3.78. The molecule has 0 unspecified atom stereocenters. The minimum Gasteiger partial charge on any atom is -0.506 e. The third kappa shape index (κ3) is 2.02. The normalized spacial score (nSPS) is 10.2. The molecule has 1 aromatic heterocycles. The van der Waals surface area contributed by atoms with E-state index < -0.39 is 0 Å². The van der Waals surface area contributed by atoms with Crippen LogP contribution in [-0.4, -0.2) is 22.0 Å². The summed E-state index contributed by atoms with van der Waals surface area (Å²) in [5, 5.41) is 11.6. The molecule has 0 bridgehead atoms. The number of aromatic nitrogens is 1. The second-order valence-electron chi connectivity index (χ2n) is 2.90. The van der Waals surface area contributed by atoms with E-state index in [9.17, 15) is 4.79 Å². The molecule has 4 nitrogen and oxygen atoms in total. The van der Waals surface area contributed by atoms with Crippen LogP contribution in [0.5, 0.6) is 5.75 Å². The van der Waals surface area contributed by atoms with Crippen LogP contribution >= 0.6 is 0 Å². The molecule has 0 aliphatic carbocycles. The summed E-state index contributed by atoms with van der Waals surface area (Å²) < 4.78 is 0. The molecule has 1 amide bonds. The van der Waals surface area contributed by atoms with Gasteiger partial charge >= 0.3 is 0 Å². The fraction of sp³-hybridized carbons (Fsp3) is 0.375. The number of aromatic hydroxyl groups is 1. The molecular formula is C8H12N2O2. The summed E-state index contributed by atoms with van der Waals surface area (Å²) in [6, 6.07) is 1.49. The highest BCUT2D eigenvalue weighted by Crippen LogP contribution is 2.09. The molecule has 12 heavy (non-hydrogen) atoms. The number of aromatic amines is 1. The first-order chi connectivity index (χ1) is 5.59. The Labute approximate surface area is 70.6 Å². The Bertz CT molecular complexity index is 278. The van der Waals surface area contributed by atoms with Gasteiger partial charge in [0, 0.05) is 18.3 Å². The predicted molar refractivity (Wildman–Crippen MR) is 45.1 cm³/mol. The molecule has 0 aromatic carbocycles. The van der Waals surface area contributed by atoms with Crippen molar-refractivity contribution in [1.82, 2.24) is 10.3 Å². The molecule has 0 aliphatic rings. The molecular weight excluding hydrogens is 156 g/mol. The van der Waals surface area contributed by atoms with Crippen molar-refractivity contribution >= 4 is 5.91 Å². The van der Waals surface area contributed by atoms with E-state index in [1.165, 1.54) is 12.3 Å². The maximum Gasteiger partial charge on any atom is 0.268 e. The Kier molecular flexibility index (Phi) is 2.38. The number of carbonyl (C=O) groups excluding carboxylic acids is 1. The molecule has 0 atom stereocenters. The second kappa shape index (κ2) is 3.30. The van der Waals surface area contributed by atoms with Crippen molar-refractivity contribution in [2.75, 3.05) is 0 Å². The zero-order valence-electron chi connectivity index (χ0n) is 7.09. The number of amides is 1. The largest absolute Gasteiger partial charge is 0.506 e. The fourth-order valence-corrected chi connectivity index (χ4v) is 0.854. The molecule has 0 aliphatic heterocycles. The first kappa shape index (κ1) is 8.64. The summed E-state index contributed by atoms with van der Waals surface area (Å²) in [4.78, 5) is 13.9. The number of carbonyl (C=O) groups is 1. The zero-order valence-corrected chi connectivity index (χ0v) is 7.09. The molecule has 66 valence electrons. The van der Waals surface area contributed by atoms with Crippen LogP contribution in [0.2, 0.25) is 0 Å². The molecule has 1 aromatic rings. The fourth-order valence-electron chi connectivity index (χ4n) is 0.854. The van der Waals surface area contributed by atoms with Crippen LogP contribution in [0.3, 0.4) is 0 Å². The lowest BCUT2D eigenvalue weighted by Gasteiger charge is -2.05. The molecule has 0 fully saturated rings. The average Bonchev–Trinajstić information content (AvgIpc) is 2.34. The van der Waals surface area contributed by atoms with Crippen molar-refractivity contribution in [2.45, 2.75) is 19.9 Å². The topological polar surface area (TPSA) is 65.1 Å². The van der Waals surface area contributed by atoms with Gasteiger partial charge in [-0.1, -0.05) is 0 Å². The van der Waals surface area contributed by atoms with E-state index in [1.54, 1.807) is 0 Å². The smallest absolute Gasteiger partial charge is 0.268 e. The number of H-pyrrole nitrogens is 1. The Morgan fingerprint density at radius 2 is 2.33 bits per heavy atom. The van der Waals surface area contributed by atoms with Gasteiger partial charge in [0.05, 0.1) is 0 Å². The lowest BCUT2D eigenvalue weighted by atomic mass is 10.3. The van der Waals surface area contributed by atoms with Crippen LogP contribution in [0.4, 0.5) is 0 Å². The highest BCUT2D eigenvalue weighted by atomic mass is 16.3. The summed E-state index contributed by atoms with van der Waals surface area (Å²) in [6.45, 7) is 3.75. The predicted octanol–water partition coefficient (Wildman–Crippen LogP) is 0.858. The molecule has 1 heterocycles. The number of hydrogen-bond acceptors (Lipinski definition) is 2. The van der Waals surface area contributed by atoms with Crippen molar-refractivity contribution in [3.63, 3.8) is 0 Å². The zero-order chi connectivity index (χ0) is 9.14. The van der Waals surface area contributed by atoms with Crippen molar-refractivity contribution in [3.8, 4) is 5.75 Å². The quantitative estimate of drug-likeness (QED) is 0.613.